The van der Waals surface area contributed by atoms with Gasteiger partial charge in [-0.3, -0.25) is 10.1 Å². The average Bonchev–Trinajstić information content (AvgIpc) is 2.74. The van der Waals surface area contributed by atoms with Crippen molar-refractivity contribution in [3.8, 4) is 0 Å². The SMILES string of the molecule is Cc1nn(C)c(NC(C)(CO)c2ccccc2)c1[N+](=O)[O-]. The second kappa shape index (κ2) is 5.53. The van der Waals surface area contributed by atoms with Crippen molar-refractivity contribution in [3.05, 3.63) is 51.7 Å². The highest BCUT2D eigenvalue weighted by molar-refractivity contribution is 5.61. The van der Waals surface area contributed by atoms with E-state index in [4.69, 9.17) is 0 Å². The maximum atomic E-state index is 11.2. The van der Waals surface area contributed by atoms with Crippen LogP contribution in [0.2, 0.25) is 0 Å². The molecule has 0 saturated carbocycles. The highest BCUT2D eigenvalue weighted by atomic mass is 16.6. The maximum absolute atomic E-state index is 11.2. The minimum Gasteiger partial charge on any atom is -0.394 e. The molecule has 1 heterocycles. The Kier molecular flexibility index (Phi) is 3.95. The molecule has 1 atom stereocenters. The van der Waals surface area contributed by atoms with Crippen LogP contribution < -0.4 is 5.32 Å². The third-order valence-electron chi connectivity index (χ3n) is 3.49. The van der Waals surface area contributed by atoms with Crippen molar-refractivity contribution in [3.63, 3.8) is 0 Å². The molecule has 7 heteroatoms. The van der Waals surface area contributed by atoms with Crippen molar-refractivity contribution in [2.24, 2.45) is 7.05 Å². The molecule has 2 aromatic rings. The summed E-state index contributed by atoms with van der Waals surface area (Å²) in [7, 11) is 1.63. The van der Waals surface area contributed by atoms with E-state index >= 15 is 0 Å². The first-order valence-electron chi connectivity index (χ1n) is 6.51. The number of nitrogens with one attached hydrogen (secondary N) is 1. The van der Waals surface area contributed by atoms with Gasteiger partial charge in [0.15, 0.2) is 0 Å². The predicted molar refractivity (Wildman–Crippen MR) is 79.1 cm³/mol. The zero-order chi connectivity index (χ0) is 15.6. The van der Waals surface area contributed by atoms with Crippen LogP contribution in [-0.2, 0) is 12.6 Å². The molecule has 0 aliphatic heterocycles. The third-order valence-corrected chi connectivity index (χ3v) is 3.49. The van der Waals surface area contributed by atoms with Crippen molar-refractivity contribution >= 4 is 11.5 Å². The zero-order valence-corrected chi connectivity index (χ0v) is 12.2. The Balaban J connectivity index is 2.47. The Labute approximate surface area is 122 Å². The average molecular weight is 290 g/mol. The lowest BCUT2D eigenvalue weighted by atomic mass is 9.93. The topological polar surface area (TPSA) is 93.2 Å². The molecule has 1 aromatic carbocycles. The fraction of sp³-hybridized carbons (Fsp3) is 0.357. The largest absolute Gasteiger partial charge is 0.394 e. The molecule has 7 nitrogen and oxygen atoms in total. The molecular formula is C14H18N4O3. The second-order valence-corrected chi connectivity index (χ2v) is 5.14. The first kappa shape index (κ1) is 15.0. The number of hydrogen-bond acceptors (Lipinski definition) is 5. The van der Waals surface area contributed by atoms with Gasteiger partial charge in [-0.1, -0.05) is 30.3 Å². The van der Waals surface area contributed by atoms with E-state index in [1.165, 1.54) is 4.68 Å². The first-order chi connectivity index (χ1) is 9.89. The summed E-state index contributed by atoms with van der Waals surface area (Å²) < 4.78 is 1.42. The van der Waals surface area contributed by atoms with E-state index in [-0.39, 0.29) is 18.1 Å². The fourth-order valence-corrected chi connectivity index (χ4v) is 2.28. The lowest BCUT2D eigenvalue weighted by Gasteiger charge is -2.29. The van der Waals surface area contributed by atoms with Crippen LogP contribution in [-0.4, -0.2) is 26.4 Å². The summed E-state index contributed by atoms with van der Waals surface area (Å²) >= 11 is 0. The third kappa shape index (κ3) is 2.73. The summed E-state index contributed by atoms with van der Waals surface area (Å²) in [4.78, 5) is 10.8. The van der Waals surface area contributed by atoms with Crippen LogP contribution >= 0.6 is 0 Å². The molecule has 2 rings (SSSR count). The van der Waals surface area contributed by atoms with Crippen molar-refractivity contribution in [1.29, 1.82) is 0 Å². The molecule has 21 heavy (non-hydrogen) atoms. The van der Waals surface area contributed by atoms with Gasteiger partial charge >= 0.3 is 5.69 Å². The molecule has 0 bridgehead atoms. The summed E-state index contributed by atoms with van der Waals surface area (Å²) in [6.07, 6.45) is 0. The van der Waals surface area contributed by atoms with Crippen molar-refractivity contribution in [1.82, 2.24) is 9.78 Å². The van der Waals surface area contributed by atoms with Crippen molar-refractivity contribution in [2.75, 3.05) is 11.9 Å². The minimum absolute atomic E-state index is 0.0758. The van der Waals surface area contributed by atoms with Gasteiger partial charge in [0.25, 0.3) is 0 Å². The van der Waals surface area contributed by atoms with E-state index in [1.807, 2.05) is 30.3 Å². The zero-order valence-electron chi connectivity index (χ0n) is 12.2. The van der Waals surface area contributed by atoms with Gasteiger partial charge in [0.05, 0.1) is 17.1 Å². The van der Waals surface area contributed by atoms with E-state index in [2.05, 4.69) is 10.4 Å². The minimum atomic E-state index is -0.841. The van der Waals surface area contributed by atoms with Crippen LogP contribution in [0.25, 0.3) is 0 Å². The number of anilines is 1. The Bertz CT molecular complexity index is 654. The first-order valence-corrected chi connectivity index (χ1v) is 6.51. The predicted octanol–water partition coefficient (Wildman–Crippen LogP) is 1.96. The van der Waals surface area contributed by atoms with Crippen molar-refractivity contribution < 1.29 is 10.0 Å². The normalized spacial score (nSPS) is 13.7. The summed E-state index contributed by atoms with van der Waals surface area (Å²) in [6.45, 7) is 3.16. The van der Waals surface area contributed by atoms with Gasteiger partial charge in [0.1, 0.15) is 5.69 Å². The van der Waals surface area contributed by atoms with Gasteiger partial charge < -0.3 is 10.4 Å². The van der Waals surface area contributed by atoms with Gasteiger partial charge in [-0.15, -0.1) is 0 Å². The molecular weight excluding hydrogens is 272 g/mol. The number of nitro groups is 1. The van der Waals surface area contributed by atoms with Crippen LogP contribution in [0.3, 0.4) is 0 Å². The van der Waals surface area contributed by atoms with Gasteiger partial charge in [0, 0.05) is 7.05 Å². The summed E-state index contributed by atoms with van der Waals surface area (Å²) in [5.74, 6) is 0.276. The number of nitrogens with zero attached hydrogens (tertiary/aromatic N) is 3. The fourth-order valence-electron chi connectivity index (χ4n) is 2.28. The standard InChI is InChI=1S/C14H18N4O3/c1-10-12(18(20)21)13(17(3)16-10)15-14(2,9-19)11-7-5-4-6-8-11/h4-8,15,19H,9H2,1-3H3. The molecule has 112 valence electrons. The molecule has 0 aliphatic carbocycles. The van der Waals surface area contributed by atoms with E-state index in [9.17, 15) is 15.2 Å². The van der Waals surface area contributed by atoms with Gasteiger partial charge in [0.2, 0.25) is 5.82 Å². The highest BCUT2D eigenvalue weighted by Gasteiger charge is 2.32. The number of aryl methyl sites for hydroxylation is 2. The van der Waals surface area contributed by atoms with Gasteiger partial charge in [-0.05, 0) is 19.4 Å². The number of aliphatic hydroxyl groups is 1. The number of hydrogen-bond donors (Lipinski definition) is 2. The highest BCUT2D eigenvalue weighted by Crippen LogP contribution is 2.33. The number of aromatic nitrogens is 2. The molecule has 1 unspecified atom stereocenters. The van der Waals surface area contributed by atoms with Crippen LogP contribution in [0.5, 0.6) is 0 Å². The van der Waals surface area contributed by atoms with E-state index in [1.54, 1.807) is 20.9 Å². The van der Waals surface area contributed by atoms with E-state index in [0.717, 1.165) is 5.56 Å². The van der Waals surface area contributed by atoms with Gasteiger partial charge in [-0.25, -0.2) is 4.68 Å². The van der Waals surface area contributed by atoms with Crippen LogP contribution in [0, 0.1) is 17.0 Å². The molecule has 0 radical (unpaired) electrons. The lowest BCUT2D eigenvalue weighted by Crippen LogP contribution is -2.36. The Morgan fingerprint density at radius 2 is 2.05 bits per heavy atom. The lowest BCUT2D eigenvalue weighted by molar-refractivity contribution is -0.384. The van der Waals surface area contributed by atoms with Gasteiger partial charge in [-0.2, -0.15) is 5.10 Å². The Hall–Kier alpha value is -2.41. The molecule has 1 aromatic heterocycles. The molecule has 0 saturated heterocycles. The Morgan fingerprint density at radius 3 is 2.57 bits per heavy atom. The quantitative estimate of drug-likeness (QED) is 0.648. The monoisotopic (exact) mass is 290 g/mol. The van der Waals surface area contributed by atoms with Crippen LogP contribution in [0.15, 0.2) is 30.3 Å². The van der Waals surface area contributed by atoms with E-state index < -0.39 is 10.5 Å². The number of rotatable bonds is 5. The Morgan fingerprint density at radius 1 is 1.43 bits per heavy atom. The molecule has 0 aliphatic rings. The van der Waals surface area contributed by atoms with Crippen LogP contribution in [0.1, 0.15) is 18.2 Å². The maximum Gasteiger partial charge on any atom is 0.333 e. The van der Waals surface area contributed by atoms with Crippen molar-refractivity contribution in [2.45, 2.75) is 19.4 Å². The molecule has 0 amide bonds. The summed E-state index contributed by atoms with van der Waals surface area (Å²) in [5, 5.41) is 28.1. The van der Waals surface area contributed by atoms with E-state index in [0.29, 0.717) is 5.69 Å². The number of aliphatic hydroxyl groups excluding tert-OH is 1. The van der Waals surface area contributed by atoms with Crippen LogP contribution in [0.4, 0.5) is 11.5 Å². The number of benzene rings is 1. The second-order valence-electron chi connectivity index (χ2n) is 5.14. The molecule has 0 fully saturated rings. The molecule has 0 spiro atoms. The molecule has 2 N–H and O–H groups in total. The smallest absolute Gasteiger partial charge is 0.333 e. The summed E-state index contributed by atoms with van der Waals surface area (Å²) in [6, 6.07) is 9.30. The summed E-state index contributed by atoms with van der Waals surface area (Å²) in [5.41, 5.74) is 0.249.